The first-order chi connectivity index (χ1) is 12.3. The Labute approximate surface area is 144 Å². The van der Waals surface area contributed by atoms with Crippen LogP contribution >= 0.6 is 0 Å². The SMILES string of the molecule is CCN1C(=O)/C(=N/N=C\c2cnc3ccccc3n2)c2ccccc21. The molecule has 4 rings (SSSR count). The van der Waals surface area contributed by atoms with E-state index in [9.17, 15) is 4.79 Å². The fourth-order valence-electron chi connectivity index (χ4n) is 2.85. The van der Waals surface area contributed by atoms with Crippen LogP contribution in [-0.2, 0) is 4.79 Å². The molecule has 0 saturated heterocycles. The number of hydrogen-bond acceptors (Lipinski definition) is 5. The molecule has 0 aliphatic carbocycles. The molecule has 0 unspecified atom stereocenters. The van der Waals surface area contributed by atoms with E-state index < -0.39 is 0 Å². The number of rotatable bonds is 3. The number of nitrogens with zero attached hydrogens (tertiary/aromatic N) is 5. The molecule has 1 aromatic heterocycles. The summed E-state index contributed by atoms with van der Waals surface area (Å²) in [5.41, 5.74) is 4.23. The highest BCUT2D eigenvalue weighted by molar-refractivity contribution is 6.54. The molecule has 1 aliphatic heterocycles. The third kappa shape index (κ3) is 2.67. The van der Waals surface area contributed by atoms with Gasteiger partial charge >= 0.3 is 0 Å². The minimum atomic E-state index is -0.134. The van der Waals surface area contributed by atoms with Gasteiger partial charge in [-0.2, -0.15) is 5.10 Å². The summed E-state index contributed by atoms with van der Waals surface area (Å²) < 4.78 is 0. The Morgan fingerprint density at radius 3 is 2.68 bits per heavy atom. The summed E-state index contributed by atoms with van der Waals surface area (Å²) in [6, 6.07) is 15.2. The number of para-hydroxylation sites is 3. The zero-order valence-corrected chi connectivity index (χ0v) is 13.6. The third-order valence-corrected chi connectivity index (χ3v) is 4.03. The smallest absolute Gasteiger partial charge is 0.279 e. The second kappa shape index (κ2) is 6.24. The minimum Gasteiger partial charge on any atom is -0.307 e. The molecule has 1 aliphatic rings. The summed E-state index contributed by atoms with van der Waals surface area (Å²) >= 11 is 0. The monoisotopic (exact) mass is 329 g/mol. The van der Waals surface area contributed by atoms with Crippen molar-refractivity contribution in [1.82, 2.24) is 9.97 Å². The molecule has 0 N–H and O–H groups in total. The van der Waals surface area contributed by atoms with Gasteiger partial charge in [-0.3, -0.25) is 9.78 Å². The number of aromatic nitrogens is 2. The number of anilines is 1. The Balaban J connectivity index is 1.66. The molecule has 122 valence electrons. The van der Waals surface area contributed by atoms with Crippen molar-refractivity contribution in [3.05, 3.63) is 66.0 Å². The lowest BCUT2D eigenvalue weighted by Crippen LogP contribution is -2.29. The Morgan fingerprint density at radius 1 is 1.08 bits per heavy atom. The quantitative estimate of drug-likeness (QED) is 0.548. The molecule has 0 bridgehead atoms. The van der Waals surface area contributed by atoms with E-state index in [0.717, 1.165) is 22.3 Å². The standard InChI is InChI=1S/C19H15N5O/c1-2-24-17-10-6-3-7-14(17)18(19(24)25)23-21-12-13-11-20-15-8-4-5-9-16(15)22-13/h3-12H,2H2,1H3/b21-12-,23-18+. The second-order valence-electron chi connectivity index (χ2n) is 5.54. The number of likely N-dealkylation sites (N-methyl/N-ethyl adjacent to an activating group) is 1. The predicted octanol–water partition coefficient (Wildman–Crippen LogP) is 2.82. The highest BCUT2D eigenvalue weighted by atomic mass is 16.2. The lowest BCUT2D eigenvalue weighted by Gasteiger charge is -2.12. The van der Waals surface area contributed by atoms with E-state index in [0.29, 0.717) is 18.0 Å². The van der Waals surface area contributed by atoms with Crippen LogP contribution in [0, 0.1) is 0 Å². The Morgan fingerprint density at radius 2 is 1.84 bits per heavy atom. The van der Waals surface area contributed by atoms with Crippen LogP contribution in [0.1, 0.15) is 18.2 Å². The number of benzene rings is 2. The highest BCUT2D eigenvalue weighted by Crippen LogP contribution is 2.28. The molecule has 25 heavy (non-hydrogen) atoms. The van der Waals surface area contributed by atoms with E-state index in [2.05, 4.69) is 20.2 Å². The number of fused-ring (bicyclic) bond motifs is 2. The lowest BCUT2D eigenvalue weighted by atomic mass is 10.1. The predicted molar refractivity (Wildman–Crippen MR) is 98.1 cm³/mol. The molecule has 0 radical (unpaired) electrons. The zero-order valence-electron chi connectivity index (χ0n) is 13.6. The fraction of sp³-hybridized carbons (Fsp3) is 0.105. The van der Waals surface area contributed by atoms with Crippen molar-refractivity contribution < 1.29 is 4.79 Å². The lowest BCUT2D eigenvalue weighted by molar-refractivity contribution is -0.112. The van der Waals surface area contributed by atoms with Crippen molar-refractivity contribution in [3.63, 3.8) is 0 Å². The zero-order chi connectivity index (χ0) is 17.2. The summed E-state index contributed by atoms with van der Waals surface area (Å²) in [5.74, 6) is -0.134. The van der Waals surface area contributed by atoms with E-state index in [4.69, 9.17) is 0 Å². The maximum absolute atomic E-state index is 12.5. The molecule has 6 nitrogen and oxygen atoms in total. The average Bonchev–Trinajstić information content (AvgIpc) is 2.93. The van der Waals surface area contributed by atoms with Gasteiger partial charge in [-0.1, -0.05) is 30.3 Å². The van der Waals surface area contributed by atoms with Gasteiger partial charge in [0.15, 0.2) is 5.71 Å². The number of carbonyl (C=O) groups is 1. The number of amides is 1. The van der Waals surface area contributed by atoms with Gasteiger partial charge in [0.25, 0.3) is 5.91 Å². The first kappa shape index (κ1) is 15.1. The topological polar surface area (TPSA) is 70.8 Å². The maximum Gasteiger partial charge on any atom is 0.279 e. The van der Waals surface area contributed by atoms with E-state index in [-0.39, 0.29) is 5.91 Å². The van der Waals surface area contributed by atoms with Crippen LogP contribution in [0.15, 0.2) is 64.9 Å². The molecule has 0 fully saturated rings. The first-order valence-corrected chi connectivity index (χ1v) is 8.02. The van der Waals surface area contributed by atoms with Crippen LogP contribution in [0.25, 0.3) is 11.0 Å². The molecule has 6 heteroatoms. The van der Waals surface area contributed by atoms with Crippen LogP contribution in [0.5, 0.6) is 0 Å². The number of hydrogen-bond donors (Lipinski definition) is 0. The van der Waals surface area contributed by atoms with Gasteiger partial charge in [-0.25, -0.2) is 4.98 Å². The second-order valence-corrected chi connectivity index (χ2v) is 5.54. The highest BCUT2D eigenvalue weighted by Gasteiger charge is 2.32. The molecular weight excluding hydrogens is 314 g/mol. The van der Waals surface area contributed by atoms with Crippen LogP contribution in [0.3, 0.4) is 0 Å². The summed E-state index contributed by atoms with van der Waals surface area (Å²) in [6.07, 6.45) is 3.14. The maximum atomic E-state index is 12.5. The van der Waals surface area contributed by atoms with Gasteiger partial charge < -0.3 is 4.90 Å². The molecule has 0 spiro atoms. The van der Waals surface area contributed by atoms with Crippen LogP contribution in [0.4, 0.5) is 5.69 Å². The van der Waals surface area contributed by atoms with Gasteiger partial charge in [-0.05, 0) is 25.1 Å². The van der Waals surface area contributed by atoms with Crippen molar-refractivity contribution in [2.24, 2.45) is 10.2 Å². The van der Waals surface area contributed by atoms with Gasteiger partial charge in [0, 0.05) is 12.1 Å². The summed E-state index contributed by atoms with van der Waals surface area (Å²) in [5, 5.41) is 8.21. The molecule has 0 atom stereocenters. The fourth-order valence-corrected chi connectivity index (χ4v) is 2.85. The first-order valence-electron chi connectivity index (χ1n) is 8.02. The molecular formula is C19H15N5O. The molecule has 3 aromatic rings. The third-order valence-electron chi connectivity index (χ3n) is 4.03. The van der Waals surface area contributed by atoms with Gasteiger partial charge in [-0.15, -0.1) is 5.10 Å². The van der Waals surface area contributed by atoms with Crippen LogP contribution in [0.2, 0.25) is 0 Å². The normalized spacial score (nSPS) is 15.5. The summed E-state index contributed by atoms with van der Waals surface area (Å²) in [6.45, 7) is 2.53. The van der Waals surface area contributed by atoms with Crippen LogP contribution < -0.4 is 4.90 Å². The molecule has 0 saturated carbocycles. The Kier molecular flexibility index (Phi) is 3.78. The van der Waals surface area contributed by atoms with E-state index in [1.165, 1.54) is 6.21 Å². The summed E-state index contributed by atoms with van der Waals surface area (Å²) in [4.78, 5) is 23.0. The molecule has 2 heterocycles. The van der Waals surface area contributed by atoms with Crippen LogP contribution in [-0.4, -0.2) is 34.3 Å². The molecule has 2 aromatic carbocycles. The average molecular weight is 329 g/mol. The van der Waals surface area contributed by atoms with Crippen molar-refractivity contribution in [3.8, 4) is 0 Å². The van der Waals surface area contributed by atoms with E-state index in [1.807, 2.05) is 55.5 Å². The number of carbonyl (C=O) groups excluding carboxylic acids is 1. The van der Waals surface area contributed by atoms with Gasteiger partial charge in [0.1, 0.15) is 5.69 Å². The van der Waals surface area contributed by atoms with E-state index in [1.54, 1.807) is 11.1 Å². The Bertz CT molecular complexity index is 1030. The molecule has 1 amide bonds. The van der Waals surface area contributed by atoms with Gasteiger partial charge in [0.2, 0.25) is 0 Å². The summed E-state index contributed by atoms with van der Waals surface area (Å²) in [7, 11) is 0. The van der Waals surface area contributed by atoms with Gasteiger partial charge in [0.05, 0.1) is 29.1 Å². The van der Waals surface area contributed by atoms with Crippen molar-refractivity contribution in [2.75, 3.05) is 11.4 Å². The van der Waals surface area contributed by atoms with Crippen molar-refractivity contribution in [1.29, 1.82) is 0 Å². The minimum absolute atomic E-state index is 0.134. The van der Waals surface area contributed by atoms with Crippen molar-refractivity contribution >= 4 is 34.6 Å². The van der Waals surface area contributed by atoms with Crippen molar-refractivity contribution in [2.45, 2.75) is 6.92 Å². The Hall–Kier alpha value is -3.41. The largest absolute Gasteiger partial charge is 0.307 e. The van der Waals surface area contributed by atoms with E-state index >= 15 is 0 Å².